The van der Waals surface area contributed by atoms with Crippen LogP contribution in [0.25, 0.3) is 76.4 Å². The van der Waals surface area contributed by atoms with Crippen LogP contribution in [0, 0.1) is 0 Å². The first-order valence-electron chi connectivity index (χ1n) is 23.3. The molecular weight excluding hydrogens is 775 g/mol. The molecule has 0 bridgehead atoms. The standard InChI is InChI=1S/C60H57BN2O/c1-57(2,3)37-22-24-48-44(30-37)45-31-40(60(10,11)12)32-47-52-54-50(33-46-42-19-15-16-20-51(42)64-56(46)52)62(41-28-38(58(4,5)6)27-39(29-41)59(7,8)9)49-23-21-36-25-34-17-13-14-18-35(34)26-43(36)53(49)61(54)63(48)55(45)47/h13-33H,1-12H3. The normalized spacial score (nSPS) is 14.2. The molecule has 0 saturated heterocycles. The molecule has 0 unspecified atom stereocenters. The van der Waals surface area contributed by atoms with Gasteiger partial charge in [-0.3, -0.25) is 0 Å². The molecule has 8 aromatic carbocycles. The van der Waals surface area contributed by atoms with Crippen LogP contribution in [0.1, 0.15) is 105 Å². The number of hydrogen-bond donors (Lipinski definition) is 0. The van der Waals surface area contributed by atoms with E-state index in [1.807, 2.05) is 0 Å². The van der Waals surface area contributed by atoms with E-state index in [4.69, 9.17) is 4.42 Å². The van der Waals surface area contributed by atoms with Crippen LogP contribution < -0.4 is 15.8 Å². The Bertz CT molecular complexity index is 3630. The molecule has 12 rings (SSSR count). The van der Waals surface area contributed by atoms with Gasteiger partial charge in [-0.2, -0.15) is 0 Å². The van der Waals surface area contributed by atoms with Crippen molar-refractivity contribution in [3.05, 3.63) is 150 Å². The first kappa shape index (κ1) is 39.3. The topological polar surface area (TPSA) is 21.3 Å². The first-order valence-corrected chi connectivity index (χ1v) is 23.3. The largest absolute Gasteiger partial charge is 0.455 e. The number of hydrogen-bond acceptors (Lipinski definition) is 2. The number of benzene rings is 8. The highest BCUT2D eigenvalue weighted by Crippen LogP contribution is 2.52. The molecule has 0 N–H and O–H groups in total. The van der Waals surface area contributed by atoms with Gasteiger partial charge in [0.1, 0.15) is 11.2 Å². The molecule has 2 aliphatic rings. The van der Waals surface area contributed by atoms with E-state index in [0.29, 0.717) is 0 Å². The lowest BCUT2D eigenvalue weighted by Gasteiger charge is -2.42. The number of para-hydroxylation sites is 1. The van der Waals surface area contributed by atoms with E-state index in [-0.39, 0.29) is 28.5 Å². The molecule has 4 heteroatoms. The van der Waals surface area contributed by atoms with Crippen LogP contribution in [-0.2, 0) is 21.7 Å². The maximum atomic E-state index is 7.21. The van der Waals surface area contributed by atoms with Gasteiger partial charge in [0.2, 0.25) is 0 Å². The van der Waals surface area contributed by atoms with Gasteiger partial charge in [0.25, 0.3) is 0 Å². The molecule has 0 radical (unpaired) electrons. The molecule has 64 heavy (non-hydrogen) atoms. The van der Waals surface area contributed by atoms with E-state index in [0.717, 1.165) is 21.9 Å². The molecule has 316 valence electrons. The van der Waals surface area contributed by atoms with Gasteiger partial charge in [-0.25, -0.2) is 0 Å². The minimum Gasteiger partial charge on any atom is -0.455 e. The second-order valence-electron chi connectivity index (χ2n) is 23.1. The lowest BCUT2D eigenvalue weighted by atomic mass is 9.44. The Balaban J connectivity index is 1.34. The van der Waals surface area contributed by atoms with Crippen LogP contribution in [0.2, 0.25) is 0 Å². The number of nitrogens with zero attached hydrogens (tertiary/aromatic N) is 2. The van der Waals surface area contributed by atoms with Crippen molar-refractivity contribution in [2.45, 2.75) is 105 Å². The van der Waals surface area contributed by atoms with Crippen LogP contribution in [0.4, 0.5) is 17.1 Å². The molecule has 10 aromatic rings. The van der Waals surface area contributed by atoms with Gasteiger partial charge in [-0.05, 0) is 143 Å². The summed E-state index contributed by atoms with van der Waals surface area (Å²) in [6.45, 7) is 28.0. The van der Waals surface area contributed by atoms with Gasteiger partial charge in [0, 0.05) is 60.8 Å². The van der Waals surface area contributed by atoms with E-state index in [2.05, 4.69) is 220 Å². The van der Waals surface area contributed by atoms with Crippen LogP contribution in [0.15, 0.2) is 132 Å². The summed E-state index contributed by atoms with van der Waals surface area (Å²) in [6.07, 6.45) is 0. The minimum atomic E-state index is -0.139. The predicted molar refractivity (Wildman–Crippen MR) is 277 cm³/mol. The van der Waals surface area contributed by atoms with Gasteiger partial charge in [0.15, 0.2) is 0 Å². The Labute approximate surface area is 377 Å². The third-order valence-corrected chi connectivity index (χ3v) is 14.7. The Hall–Kier alpha value is -6.26. The third-order valence-electron chi connectivity index (χ3n) is 14.7. The average molecular weight is 833 g/mol. The molecule has 2 aromatic heterocycles. The highest BCUT2D eigenvalue weighted by atomic mass is 16.3. The van der Waals surface area contributed by atoms with Crippen molar-refractivity contribution in [2.75, 3.05) is 4.90 Å². The maximum absolute atomic E-state index is 7.21. The molecule has 4 heterocycles. The number of rotatable bonds is 1. The van der Waals surface area contributed by atoms with Crippen molar-refractivity contribution in [2.24, 2.45) is 0 Å². The lowest BCUT2D eigenvalue weighted by molar-refractivity contribution is 0.569. The van der Waals surface area contributed by atoms with Crippen molar-refractivity contribution >= 4 is 100 Å². The van der Waals surface area contributed by atoms with Crippen LogP contribution in [0.3, 0.4) is 0 Å². The monoisotopic (exact) mass is 832 g/mol. The van der Waals surface area contributed by atoms with Crippen molar-refractivity contribution < 1.29 is 4.42 Å². The van der Waals surface area contributed by atoms with Gasteiger partial charge in [-0.15, -0.1) is 0 Å². The van der Waals surface area contributed by atoms with Crippen molar-refractivity contribution in [3.8, 4) is 11.1 Å². The fourth-order valence-corrected chi connectivity index (χ4v) is 11.1. The van der Waals surface area contributed by atoms with Gasteiger partial charge >= 0.3 is 6.85 Å². The second-order valence-corrected chi connectivity index (χ2v) is 23.1. The summed E-state index contributed by atoms with van der Waals surface area (Å²) < 4.78 is 9.94. The zero-order chi connectivity index (χ0) is 44.6. The third kappa shape index (κ3) is 5.53. The summed E-state index contributed by atoms with van der Waals surface area (Å²) in [4.78, 5) is 2.63. The highest BCUT2D eigenvalue weighted by molar-refractivity contribution is 6.92. The number of anilines is 3. The van der Waals surface area contributed by atoms with Gasteiger partial charge in [-0.1, -0.05) is 144 Å². The lowest BCUT2D eigenvalue weighted by Crippen LogP contribution is -2.57. The molecule has 3 nitrogen and oxygen atoms in total. The highest BCUT2D eigenvalue weighted by Gasteiger charge is 2.46. The van der Waals surface area contributed by atoms with E-state index in [9.17, 15) is 0 Å². The number of furan rings is 1. The van der Waals surface area contributed by atoms with Crippen molar-refractivity contribution in [3.63, 3.8) is 0 Å². The Morgan fingerprint density at radius 2 is 1.06 bits per heavy atom. The average Bonchev–Trinajstić information content (AvgIpc) is 3.78. The number of fused-ring (bicyclic) bond motifs is 14. The van der Waals surface area contributed by atoms with Crippen molar-refractivity contribution in [1.82, 2.24) is 4.48 Å². The molecule has 0 aliphatic carbocycles. The quantitative estimate of drug-likeness (QED) is 0.121. The van der Waals surface area contributed by atoms with E-state index >= 15 is 0 Å². The summed E-state index contributed by atoms with van der Waals surface area (Å²) in [5, 5.41) is 9.97. The van der Waals surface area contributed by atoms with Gasteiger partial charge < -0.3 is 13.8 Å². The SMILES string of the molecule is CC(C)(C)c1cc(N2c3cc4c(oc5ccccc54)c4c3B(c3c2ccc2cc5ccccc5cc32)n2c3ccc(C(C)(C)C)cc3c3cc(C(C)(C)C)cc-4c32)cc(C(C)(C)C)c1. The fourth-order valence-electron chi connectivity index (χ4n) is 11.1. The molecule has 0 fully saturated rings. The minimum absolute atomic E-state index is 0.00741. The predicted octanol–water partition coefficient (Wildman–Crippen LogP) is 15.6. The van der Waals surface area contributed by atoms with E-state index < -0.39 is 0 Å². The van der Waals surface area contributed by atoms with E-state index in [1.54, 1.807) is 0 Å². The number of aromatic nitrogens is 1. The summed E-state index contributed by atoms with van der Waals surface area (Å²) in [7, 11) is 0. The van der Waals surface area contributed by atoms with Gasteiger partial charge in [0.05, 0.1) is 0 Å². The van der Waals surface area contributed by atoms with Crippen LogP contribution >= 0.6 is 0 Å². The van der Waals surface area contributed by atoms with E-state index in [1.165, 1.54) is 105 Å². The molecular formula is C60H57BN2O. The fraction of sp³-hybridized carbons (Fsp3) is 0.267. The molecule has 0 amide bonds. The first-order chi connectivity index (χ1) is 30.3. The Morgan fingerprint density at radius 3 is 1.75 bits per heavy atom. The molecule has 0 atom stereocenters. The molecule has 2 aliphatic heterocycles. The zero-order valence-corrected chi connectivity index (χ0v) is 39.5. The van der Waals surface area contributed by atoms with Crippen LogP contribution in [0.5, 0.6) is 0 Å². The summed E-state index contributed by atoms with van der Waals surface area (Å²) >= 11 is 0. The molecule has 0 saturated carbocycles. The summed E-state index contributed by atoms with van der Waals surface area (Å²) in [5.41, 5.74) is 18.3. The Morgan fingerprint density at radius 1 is 0.438 bits per heavy atom. The smallest absolute Gasteiger partial charge is 0.333 e. The second kappa shape index (κ2) is 12.7. The van der Waals surface area contributed by atoms with Crippen LogP contribution in [-0.4, -0.2) is 11.3 Å². The maximum Gasteiger partial charge on any atom is 0.333 e. The Kier molecular flexibility index (Phi) is 7.82. The summed E-state index contributed by atoms with van der Waals surface area (Å²) in [6, 6.07) is 49.3. The zero-order valence-electron chi connectivity index (χ0n) is 39.5. The summed E-state index contributed by atoms with van der Waals surface area (Å²) in [5.74, 6) is 0. The molecule has 0 spiro atoms. The van der Waals surface area contributed by atoms with Crippen molar-refractivity contribution in [1.29, 1.82) is 0 Å².